The van der Waals surface area contributed by atoms with E-state index in [0.717, 1.165) is 6.42 Å². The lowest BCUT2D eigenvalue weighted by Gasteiger charge is -2.49. The van der Waals surface area contributed by atoms with E-state index >= 15 is 0 Å². The minimum absolute atomic E-state index is 0.120. The van der Waals surface area contributed by atoms with E-state index < -0.39 is 5.60 Å². The average Bonchev–Trinajstić information content (AvgIpc) is 2.15. The van der Waals surface area contributed by atoms with Gasteiger partial charge in [-0.25, -0.2) is 0 Å². The molecule has 0 bridgehead atoms. The Labute approximate surface area is 106 Å². The molecule has 1 rings (SSSR count). The number of hydrogen-bond donors (Lipinski definition) is 1. The lowest BCUT2D eigenvalue weighted by atomic mass is 9.58. The van der Waals surface area contributed by atoms with Crippen LogP contribution in [0.3, 0.4) is 0 Å². The van der Waals surface area contributed by atoms with Gasteiger partial charge in [-0.2, -0.15) is 0 Å². The van der Waals surface area contributed by atoms with Crippen molar-refractivity contribution in [2.45, 2.75) is 45.6 Å². The highest BCUT2D eigenvalue weighted by Crippen LogP contribution is 2.48. The zero-order valence-electron chi connectivity index (χ0n) is 11.4. The quantitative estimate of drug-likeness (QED) is 0.710. The molecule has 0 unspecified atom stereocenters. The molecule has 0 radical (unpaired) electrons. The molecule has 0 aromatic carbocycles. The van der Waals surface area contributed by atoms with Gasteiger partial charge in [0, 0.05) is 0 Å². The smallest absolute Gasteiger partial charge is 0.0754 e. The molecule has 0 aromatic rings. The van der Waals surface area contributed by atoms with Crippen LogP contribution in [0.15, 0.2) is 37.5 Å². The summed E-state index contributed by atoms with van der Waals surface area (Å²) >= 11 is 0. The van der Waals surface area contributed by atoms with Gasteiger partial charge in [0.1, 0.15) is 0 Å². The Hall–Kier alpha value is -0.820. The molecule has 0 aromatic heterocycles. The molecule has 0 aliphatic heterocycles. The molecule has 1 aliphatic rings. The van der Waals surface area contributed by atoms with Gasteiger partial charge in [0.25, 0.3) is 0 Å². The summed E-state index contributed by atoms with van der Waals surface area (Å²) in [7, 11) is 0. The molecule has 0 fully saturated rings. The Morgan fingerprint density at radius 2 is 1.88 bits per heavy atom. The summed E-state index contributed by atoms with van der Waals surface area (Å²) in [6.07, 6.45) is 10.4. The van der Waals surface area contributed by atoms with Crippen LogP contribution in [-0.2, 0) is 0 Å². The monoisotopic (exact) mass is 234 g/mol. The zero-order valence-corrected chi connectivity index (χ0v) is 11.4. The standard InChI is InChI=1S/C16H26O/c1-6-10-16(17,11-7-2)14-13(3)9-8-12-15(14,4)5/h6-9,13-14,17H,1-2,10-12H2,3-5H3/t13-,14-/m0/s1. The Kier molecular flexibility index (Phi) is 4.37. The normalized spacial score (nSPS) is 27.8. The van der Waals surface area contributed by atoms with E-state index in [1.165, 1.54) is 0 Å². The zero-order chi connectivity index (χ0) is 13.1. The van der Waals surface area contributed by atoms with Crippen LogP contribution in [0.2, 0.25) is 0 Å². The number of aliphatic hydroxyl groups is 1. The maximum absolute atomic E-state index is 11.0. The van der Waals surface area contributed by atoms with Crippen molar-refractivity contribution >= 4 is 0 Å². The van der Waals surface area contributed by atoms with Crippen molar-refractivity contribution in [2.75, 3.05) is 0 Å². The topological polar surface area (TPSA) is 20.2 Å². The van der Waals surface area contributed by atoms with E-state index in [1.54, 1.807) is 0 Å². The van der Waals surface area contributed by atoms with Crippen LogP contribution in [-0.4, -0.2) is 10.7 Å². The largest absolute Gasteiger partial charge is 0.389 e. The fourth-order valence-electron chi connectivity index (χ4n) is 3.59. The SMILES string of the molecule is C=CCC(O)(CC=C)[C@H]1[C@@H](C)C=CCC1(C)C. The maximum Gasteiger partial charge on any atom is 0.0754 e. The van der Waals surface area contributed by atoms with E-state index in [4.69, 9.17) is 0 Å². The lowest BCUT2D eigenvalue weighted by Crippen LogP contribution is -2.49. The van der Waals surface area contributed by atoms with Gasteiger partial charge in [-0.1, -0.05) is 45.1 Å². The predicted octanol–water partition coefficient (Wildman–Crippen LogP) is 4.11. The molecule has 0 heterocycles. The third-order valence-corrected chi connectivity index (χ3v) is 4.03. The highest BCUT2D eigenvalue weighted by Gasteiger charge is 2.46. The lowest BCUT2D eigenvalue weighted by molar-refractivity contribution is -0.0819. The summed E-state index contributed by atoms with van der Waals surface area (Å²) < 4.78 is 0. The molecular weight excluding hydrogens is 208 g/mol. The van der Waals surface area contributed by atoms with Gasteiger partial charge in [0.2, 0.25) is 0 Å². The van der Waals surface area contributed by atoms with Crippen molar-refractivity contribution in [3.63, 3.8) is 0 Å². The summed E-state index contributed by atoms with van der Waals surface area (Å²) in [6, 6.07) is 0. The number of hydrogen-bond acceptors (Lipinski definition) is 1. The van der Waals surface area contributed by atoms with Gasteiger partial charge in [0.15, 0.2) is 0 Å². The predicted molar refractivity (Wildman–Crippen MR) is 74.8 cm³/mol. The first kappa shape index (κ1) is 14.2. The van der Waals surface area contributed by atoms with E-state index in [2.05, 4.69) is 46.1 Å². The Morgan fingerprint density at radius 1 is 1.35 bits per heavy atom. The fraction of sp³-hybridized carbons (Fsp3) is 0.625. The van der Waals surface area contributed by atoms with Crippen molar-refractivity contribution in [1.29, 1.82) is 0 Å². The van der Waals surface area contributed by atoms with Gasteiger partial charge < -0.3 is 5.11 Å². The molecule has 1 aliphatic carbocycles. The van der Waals surface area contributed by atoms with E-state index in [9.17, 15) is 5.11 Å². The van der Waals surface area contributed by atoms with Gasteiger partial charge in [-0.05, 0) is 36.5 Å². The summed E-state index contributed by atoms with van der Waals surface area (Å²) in [5.74, 6) is 0.639. The molecule has 0 saturated heterocycles. The highest BCUT2D eigenvalue weighted by atomic mass is 16.3. The first-order chi connectivity index (χ1) is 7.87. The minimum atomic E-state index is -0.711. The fourth-order valence-corrected chi connectivity index (χ4v) is 3.59. The average molecular weight is 234 g/mol. The van der Waals surface area contributed by atoms with Crippen LogP contribution in [0.25, 0.3) is 0 Å². The summed E-state index contributed by atoms with van der Waals surface area (Å²) in [6.45, 7) is 14.2. The number of allylic oxidation sites excluding steroid dienone is 2. The molecule has 1 N–H and O–H groups in total. The molecule has 0 amide bonds. The summed E-state index contributed by atoms with van der Waals surface area (Å²) in [5, 5.41) is 11.0. The Balaban J connectivity index is 3.10. The first-order valence-electron chi connectivity index (χ1n) is 6.48. The molecule has 0 saturated carbocycles. The summed E-state index contributed by atoms with van der Waals surface area (Å²) in [5.41, 5.74) is -0.591. The molecular formula is C16H26O. The number of rotatable bonds is 5. The van der Waals surface area contributed by atoms with Crippen molar-refractivity contribution < 1.29 is 5.11 Å². The van der Waals surface area contributed by atoms with Crippen LogP contribution in [0.1, 0.15) is 40.0 Å². The van der Waals surface area contributed by atoms with E-state index in [1.807, 2.05) is 12.2 Å². The second-order valence-electron chi connectivity index (χ2n) is 6.05. The van der Waals surface area contributed by atoms with E-state index in [0.29, 0.717) is 18.8 Å². The second-order valence-corrected chi connectivity index (χ2v) is 6.05. The maximum atomic E-state index is 11.0. The molecule has 1 nitrogen and oxygen atoms in total. The third kappa shape index (κ3) is 2.90. The summed E-state index contributed by atoms with van der Waals surface area (Å²) in [4.78, 5) is 0. The van der Waals surface area contributed by atoms with Crippen LogP contribution in [0.5, 0.6) is 0 Å². The molecule has 0 spiro atoms. The molecule has 17 heavy (non-hydrogen) atoms. The van der Waals surface area contributed by atoms with Crippen LogP contribution < -0.4 is 0 Å². The first-order valence-corrected chi connectivity index (χ1v) is 6.48. The van der Waals surface area contributed by atoms with Crippen LogP contribution >= 0.6 is 0 Å². The molecule has 1 heteroatoms. The van der Waals surface area contributed by atoms with Crippen LogP contribution in [0, 0.1) is 17.3 Å². The van der Waals surface area contributed by atoms with Gasteiger partial charge in [-0.3, -0.25) is 0 Å². The van der Waals surface area contributed by atoms with Crippen molar-refractivity contribution in [3.8, 4) is 0 Å². The molecule has 96 valence electrons. The van der Waals surface area contributed by atoms with Crippen LogP contribution in [0.4, 0.5) is 0 Å². The Bertz CT molecular complexity index is 301. The molecule has 2 atom stereocenters. The van der Waals surface area contributed by atoms with Crippen molar-refractivity contribution in [2.24, 2.45) is 17.3 Å². The highest BCUT2D eigenvalue weighted by molar-refractivity contribution is 5.11. The van der Waals surface area contributed by atoms with Crippen molar-refractivity contribution in [3.05, 3.63) is 37.5 Å². The second kappa shape index (κ2) is 5.22. The van der Waals surface area contributed by atoms with Crippen molar-refractivity contribution in [1.82, 2.24) is 0 Å². The van der Waals surface area contributed by atoms with Gasteiger partial charge in [-0.15, -0.1) is 13.2 Å². The van der Waals surface area contributed by atoms with E-state index in [-0.39, 0.29) is 11.3 Å². The third-order valence-electron chi connectivity index (χ3n) is 4.03. The van der Waals surface area contributed by atoms with Gasteiger partial charge in [0.05, 0.1) is 5.60 Å². The van der Waals surface area contributed by atoms with Gasteiger partial charge >= 0.3 is 0 Å². The Morgan fingerprint density at radius 3 is 2.29 bits per heavy atom. The minimum Gasteiger partial charge on any atom is -0.389 e.